The van der Waals surface area contributed by atoms with Gasteiger partial charge < -0.3 is 14.8 Å². The van der Waals surface area contributed by atoms with Gasteiger partial charge in [0.15, 0.2) is 0 Å². The fourth-order valence-electron chi connectivity index (χ4n) is 2.13. The van der Waals surface area contributed by atoms with Crippen LogP contribution in [0.4, 0.5) is 0 Å². The summed E-state index contributed by atoms with van der Waals surface area (Å²) in [5.41, 5.74) is 1.17. The standard InChI is InChI=1S/C16H20BrNO2/c1-12(8-9-19)11-18-16(15-3-2-10-20-15)13-4-6-14(17)7-5-13/h2-7,10,12,16,18-19H,8-9,11H2,1H3. The predicted molar refractivity (Wildman–Crippen MR) is 83.6 cm³/mol. The summed E-state index contributed by atoms with van der Waals surface area (Å²) in [6, 6.07) is 12.2. The minimum Gasteiger partial charge on any atom is -0.467 e. The molecule has 2 aromatic rings. The van der Waals surface area contributed by atoms with Gasteiger partial charge in [-0.15, -0.1) is 0 Å². The van der Waals surface area contributed by atoms with E-state index >= 15 is 0 Å². The molecular weight excluding hydrogens is 318 g/mol. The third-order valence-corrected chi connectivity index (χ3v) is 3.85. The van der Waals surface area contributed by atoms with Crippen LogP contribution in [0.1, 0.15) is 30.7 Å². The van der Waals surface area contributed by atoms with Crippen LogP contribution in [-0.2, 0) is 0 Å². The van der Waals surface area contributed by atoms with Crippen molar-refractivity contribution in [1.29, 1.82) is 0 Å². The number of aliphatic hydroxyl groups excluding tert-OH is 1. The molecule has 0 bridgehead atoms. The fourth-order valence-corrected chi connectivity index (χ4v) is 2.40. The van der Waals surface area contributed by atoms with Gasteiger partial charge in [-0.2, -0.15) is 0 Å². The van der Waals surface area contributed by atoms with Crippen LogP contribution < -0.4 is 5.32 Å². The number of halogens is 1. The quantitative estimate of drug-likeness (QED) is 0.808. The molecule has 1 aromatic carbocycles. The third kappa shape index (κ3) is 4.20. The average Bonchev–Trinajstić information content (AvgIpc) is 2.95. The summed E-state index contributed by atoms with van der Waals surface area (Å²) in [7, 11) is 0. The summed E-state index contributed by atoms with van der Waals surface area (Å²) >= 11 is 3.45. The zero-order valence-electron chi connectivity index (χ0n) is 11.6. The fraction of sp³-hybridized carbons (Fsp3) is 0.375. The number of rotatable bonds is 7. The maximum absolute atomic E-state index is 8.98. The van der Waals surface area contributed by atoms with E-state index < -0.39 is 0 Å². The number of benzene rings is 1. The molecule has 3 nitrogen and oxygen atoms in total. The summed E-state index contributed by atoms with van der Waals surface area (Å²) in [4.78, 5) is 0. The monoisotopic (exact) mass is 337 g/mol. The Hall–Kier alpha value is -1.10. The molecular formula is C16H20BrNO2. The van der Waals surface area contributed by atoms with Crippen molar-refractivity contribution in [2.45, 2.75) is 19.4 Å². The molecule has 4 heteroatoms. The van der Waals surface area contributed by atoms with E-state index in [0.29, 0.717) is 5.92 Å². The van der Waals surface area contributed by atoms with Crippen LogP contribution in [0.3, 0.4) is 0 Å². The minimum atomic E-state index is 0.0410. The Bertz CT molecular complexity index is 496. The van der Waals surface area contributed by atoms with Gasteiger partial charge in [-0.1, -0.05) is 35.0 Å². The first-order chi connectivity index (χ1) is 9.70. The van der Waals surface area contributed by atoms with Crippen LogP contribution in [0.15, 0.2) is 51.6 Å². The molecule has 0 radical (unpaired) electrons. The van der Waals surface area contributed by atoms with Crippen molar-refractivity contribution in [2.75, 3.05) is 13.2 Å². The van der Waals surface area contributed by atoms with Gasteiger partial charge in [0, 0.05) is 11.1 Å². The molecule has 1 aromatic heterocycles. The van der Waals surface area contributed by atoms with Crippen molar-refractivity contribution in [3.05, 3.63) is 58.5 Å². The first kappa shape index (κ1) is 15.3. The van der Waals surface area contributed by atoms with E-state index in [-0.39, 0.29) is 12.6 Å². The van der Waals surface area contributed by atoms with Gasteiger partial charge >= 0.3 is 0 Å². The molecule has 108 valence electrons. The normalized spacial score (nSPS) is 14.2. The van der Waals surface area contributed by atoms with Crippen LogP contribution in [-0.4, -0.2) is 18.3 Å². The zero-order valence-corrected chi connectivity index (χ0v) is 13.1. The molecule has 2 atom stereocenters. The number of hydrogen-bond acceptors (Lipinski definition) is 3. The number of nitrogens with one attached hydrogen (secondary N) is 1. The van der Waals surface area contributed by atoms with Crippen LogP contribution in [0.25, 0.3) is 0 Å². The SMILES string of the molecule is CC(CCO)CNC(c1ccc(Br)cc1)c1ccco1. The number of aliphatic hydroxyl groups is 1. The molecule has 20 heavy (non-hydrogen) atoms. The maximum atomic E-state index is 8.98. The van der Waals surface area contributed by atoms with Crippen molar-refractivity contribution in [3.8, 4) is 0 Å². The molecule has 2 unspecified atom stereocenters. The molecule has 2 N–H and O–H groups in total. The second-order valence-corrected chi connectivity index (χ2v) is 5.94. The van der Waals surface area contributed by atoms with Crippen LogP contribution in [0.2, 0.25) is 0 Å². The van der Waals surface area contributed by atoms with E-state index in [1.54, 1.807) is 6.26 Å². The number of hydrogen-bond donors (Lipinski definition) is 2. The largest absolute Gasteiger partial charge is 0.467 e. The molecule has 0 amide bonds. The highest BCUT2D eigenvalue weighted by Crippen LogP contribution is 2.24. The van der Waals surface area contributed by atoms with E-state index in [1.165, 1.54) is 5.56 Å². The van der Waals surface area contributed by atoms with Crippen molar-refractivity contribution in [3.63, 3.8) is 0 Å². The summed E-state index contributed by atoms with van der Waals surface area (Å²) in [5, 5.41) is 12.5. The first-order valence-electron chi connectivity index (χ1n) is 6.84. The lowest BCUT2D eigenvalue weighted by atomic mass is 10.0. The second-order valence-electron chi connectivity index (χ2n) is 5.03. The summed E-state index contributed by atoms with van der Waals surface area (Å²) in [6.45, 7) is 3.19. The lowest BCUT2D eigenvalue weighted by Gasteiger charge is -2.20. The van der Waals surface area contributed by atoms with E-state index in [2.05, 4.69) is 40.3 Å². The van der Waals surface area contributed by atoms with Gasteiger partial charge in [-0.3, -0.25) is 0 Å². The van der Waals surface area contributed by atoms with Gasteiger partial charge in [0.05, 0.1) is 12.3 Å². The maximum Gasteiger partial charge on any atom is 0.125 e. The molecule has 0 aliphatic heterocycles. The van der Waals surface area contributed by atoms with Crippen molar-refractivity contribution in [2.24, 2.45) is 5.92 Å². The van der Waals surface area contributed by atoms with Gasteiger partial charge in [0.25, 0.3) is 0 Å². The molecule has 1 heterocycles. The minimum absolute atomic E-state index is 0.0410. The molecule has 0 spiro atoms. The van der Waals surface area contributed by atoms with Crippen molar-refractivity contribution >= 4 is 15.9 Å². The zero-order chi connectivity index (χ0) is 14.4. The Morgan fingerprint density at radius 2 is 2.00 bits per heavy atom. The summed E-state index contributed by atoms with van der Waals surface area (Å²) in [5.74, 6) is 1.33. The third-order valence-electron chi connectivity index (χ3n) is 3.32. The lowest BCUT2D eigenvalue weighted by Crippen LogP contribution is -2.27. The van der Waals surface area contributed by atoms with Crippen LogP contribution in [0.5, 0.6) is 0 Å². The molecule has 0 saturated heterocycles. The van der Waals surface area contributed by atoms with Gasteiger partial charge in [-0.25, -0.2) is 0 Å². The molecule has 2 rings (SSSR count). The molecule has 0 fully saturated rings. The van der Waals surface area contributed by atoms with Gasteiger partial charge in [0.1, 0.15) is 5.76 Å². The van der Waals surface area contributed by atoms with Gasteiger partial charge in [0.2, 0.25) is 0 Å². The Morgan fingerprint density at radius 1 is 1.25 bits per heavy atom. The van der Waals surface area contributed by atoms with E-state index in [1.807, 2.05) is 24.3 Å². The highest BCUT2D eigenvalue weighted by atomic mass is 79.9. The Labute approximate surface area is 128 Å². The van der Waals surface area contributed by atoms with Gasteiger partial charge in [-0.05, 0) is 48.7 Å². The second kappa shape index (κ2) is 7.62. The van der Waals surface area contributed by atoms with Crippen LogP contribution >= 0.6 is 15.9 Å². The first-order valence-corrected chi connectivity index (χ1v) is 7.63. The molecule has 0 aliphatic carbocycles. The molecule has 0 saturated carbocycles. The van der Waals surface area contributed by atoms with Crippen LogP contribution in [0, 0.1) is 5.92 Å². The van der Waals surface area contributed by atoms with Crippen molar-refractivity contribution < 1.29 is 9.52 Å². The molecule has 0 aliphatic rings. The van der Waals surface area contributed by atoms with E-state index in [0.717, 1.165) is 23.2 Å². The van der Waals surface area contributed by atoms with Crippen molar-refractivity contribution in [1.82, 2.24) is 5.32 Å². The highest BCUT2D eigenvalue weighted by molar-refractivity contribution is 9.10. The Kier molecular flexibility index (Phi) is 5.83. The van der Waals surface area contributed by atoms with E-state index in [4.69, 9.17) is 9.52 Å². The highest BCUT2D eigenvalue weighted by Gasteiger charge is 2.17. The number of furan rings is 1. The van der Waals surface area contributed by atoms with E-state index in [9.17, 15) is 0 Å². The summed E-state index contributed by atoms with van der Waals surface area (Å²) < 4.78 is 6.61. The average molecular weight is 338 g/mol. The lowest BCUT2D eigenvalue weighted by molar-refractivity contribution is 0.258. The topological polar surface area (TPSA) is 45.4 Å². The Balaban J connectivity index is 2.11. The smallest absolute Gasteiger partial charge is 0.125 e. The summed E-state index contributed by atoms with van der Waals surface area (Å²) in [6.07, 6.45) is 2.50. The Morgan fingerprint density at radius 3 is 2.60 bits per heavy atom. The predicted octanol–water partition coefficient (Wildman–Crippen LogP) is 3.74.